The quantitative estimate of drug-likeness (QED) is 0.530. The monoisotopic (exact) mass is 282 g/mol. The number of benzene rings is 1. The molecule has 1 rings (SSSR count). The molecule has 0 bridgehead atoms. The SMILES string of the molecule is COC(CNC(=O)NCCCOc1ccccc1)OC. The van der Waals surface area contributed by atoms with Crippen LogP contribution in [0.4, 0.5) is 4.79 Å². The van der Waals surface area contributed by atoms with E-state index in [1.54, 1.807) is 0 Å². The number of methoxy groups -OCH3 is 2. The van der Waals surface area contributed by atoms with Crippen molar-refractivity contribution in [3.63, 3.8) is 0 Å². The Morgan fingerprint density at radius 3 is 2.50 bits per heavy atom. The van der Waals surface area contributed by atoms with Crippen LogP contribution in [0.3, 0.4) is 0 Å². The van der Waals surface area contributed by atoms with Crippen LogP contribution in [0.2, 0.25) is 0 Å². The van der Waals surface area contributed by atoms with Crippen molar-refractivity contribution in [2.45, 2.75) is 12.7 Å². The lowest BCUT2D eigenvalue weighted by molar-refractivity contribution is -0.0971. The van der Waals surface area contributed by atoms with E-state index in [9.17, 15) is 4.79 Å². The molecule has 0 spiro atoms. The normalized spacial score (nSPS) is 10.3. The van der Waals surface area contributed by atoms with Crippen molar-refractivity contribution in [3.8, 4) is 5.75 Å². The Morgan fingerprint density at radius 2 is 1.85 bits per heavy atom. The van der Waals surface area contributed by atoms with Gasteiger partial charge >= 0.3 is 6.03 Å². The van der Waals surface area contributed by atoms with Crippen molar-refractivity contribution in [1.29, 1.82) is 0 Å². The van der Waals surface area contributed by atoms with Gasteiger partial charge in [0.2, 0.25) is 0 Å². The summed E-state index contributed by atoms with van der Waals surface area (Å²) < 4.78 is 15.4. The number of amides is 2. The summed E-state index contributed by atoms with van der Waals surface area (Å²) in [4.78, 5) is 11.4. The molecule has 112 valence electrons. The van der Waals surface area contributed by atoms with Crippen LogP contribution >= 0.6 is 0 Å². The molecular weight excluding hydrogens is 260 g/mol. The van der Waals surface area contributed by atoms with Crippen LogP contribution in [0.5, 0.6) is 5.75 Å². The largest absolute Gasteiger partial charge is 0.494 e. The molecule has 0 fully saturated rings. The van der Waals surface area contributed by atoms with Gasteiger partial charge in [0, 0.05) is 20.8 Å². The van der Waals surface area contributed by atoms with Gasteiger partial charge < -0.3 is 24.8 Å². The van der Waals surface area contributed by atoms with Crippen molar-refractivity contribution < 1.29 is 19.0 Å². The number of nitrogens with one attached hydrogen (secondary N) is 2. The van der Waals surface area contributed by atoms with Crippen LogP contribution < -0.4 is 15.4 Å². The Bertz CT molecular complexity index is 369. The number of ether oxygens (including phenoxy) is 3. The summed E-state index contributed by atoms with van der Waals surface area (Å²) >= 11 is 0. The van der Waals surface area contributed by atoms with E-state index in [4.69, 9.17) is 14.2 Å². The number of hydrogen-bond acceptors (Lipinski definition) is 4. The molecule has 0 unspecified atom stereocenters. The zero-order valence-electron chi connectivity index (χ0n) is 11.9. The predicted molar refractivity (Wildman–Crippen MR) is 75.8 cm³/mol. The summed E-state index contributed by atoms with van der Waals surface area (Å²) in [5.74, 6) is 0.833. The first kappa shape index (κ1) is 16.3. The number of hydrogen-bond donors (Lipinski definition) is 2. The second kappa shape index (κ2) is 10.1. The molecular formula is C14H22N2O4. The van der Waals surface area contributed by atoms with Crippen molar-refractivity contribution in [3.05, 3.63) is 30.3 Å². The number of para-hydroxylation sites is 1. The number of carbonyl (C=O) groups is 1. The molecule has 0 saturated heterocycles. The number of carbonyl (C=O) groups excluding carboxylic acids is 1. The summed E-state index contributed by atoms with van der Waals surface area (Å²) in [6.07, 6.45) is 0.308. The minimum absolute atomic E-state index is 0.246. The van der Waals surface area contributed by atoms with Gasteiger partial charge in [0.05, 0.1) is 13.2 Å². The molecule has 0 aliphatic heterocycles. The number of rotatable bonds is 9. The highest BCUT2D eigenvalue weighted by Crippen LogP contribution is 2.07. The van der Waals surface area contributed by atoms with E-state index in [2.05, 4.69) is 10.6 Å². The second-order valence-corrected chi connectivity index (χ2v) is 4.05. The third-order valence-corrected chi connectivity index (χ3v) is 2.57. The highest BCUT2D eigenvalue weighted by molar-refractivity contribution is 5.73. The zero-order valence-corrected chi connectivity index (χ0v) is 11.9. The number of urea groups is 1. The lowest BCUT2D eigenvalue weighted by Crippen LogP contribution is -2.41. The first-order valence-electron chi connectivity index (χ1n) is 6.51. The van der Waals surface area contributed by atoms with E-state index in [0.717, 1.165) is 12.2 Å². The third-order valence-electron chi connectivity index (χ3n) is 2.57. The first-order chi connectivity index (χ1) is 9.76. The fourth-order valence-corrected chi connectivity index (χ4v) is 1.48. The molecule has 2 N–H and O–H groups in total. The first-order valence-corrected chi connectivity index (χ1v) is 6.51. The van der Waals surface area contributed by atoms with Crippen molar-refractivity contribution >= 4 is 6.03 Å². The van der Waals surface area contributed by atoms with Crippen LogP contribution in [-0.4, -0.2) is 46.2 Å². The Balaban J connectivity index is 2.02. The Morgan fingerprint density at radius 1 is 1.15 bits per heavy atom. The van der Waals surface area contributed by atoms with Gasteiger partial charge in [-0.1, -0.05) is 18.2 Å². The van der Waals surface area contributed by atoms with Gasteiger partial charge in [-0.25, -0.2) is 4.79 Å². The fraction of sp³-hybridized carbons (Fsp3) is 0.500. The Labute approximate surface area is 119 Å². The Kier molecular flexibility index (Phi) is 8.17. The van der Waals surface area contributed by atoms with Crippen LogP contribution in [0.15, 0.2) is 30.3 Å². The summed E-state index contributed by atoms with van der Waals surface area (Å²) in [7, 11) is 3.04. The van der Waals surface area contributed by atoms with Gasteiger partial charge in [-0.15, -0.1) is 0 Å². The topological polar surface area (TPSA) is 68.8 Å². The van der Waals surface area contributed by atoms with Crippen molar-refractivity contribution in [1.82, 2.24) is 10.6 Å². The third kappa shape index (κ3) is 6.96. The van der Waals surface area contributed by atoms with E-state index in [-0.39, 0.29) is 6.03 Å². The minimum Gasteiger partial charge on any atom is -0.494 e. The van der Waals surface area contributed by atoms with Crippen LogP contribution in [-0.2, 0) is 9.47 Å². The van der Waals surface area contributed by atoms with E-state index in [1.165, 1.54) is 14.2 Å². The van der Waals surface area contributed by atoms with Gasteiger partial charge in [-0.2, -0.15) is 0 Å². The van der Waals surface area contributed by atoms with Gasteiger partial charge in [0.15, 0.2) is 6.29 Å². The molecule has 0 aromatic heterocycles. The highest BCUT2D eigenvalue weighted by atomic mass is 16.7. The average Bonchev–Trinajstić information content (AvgIpc) is 2.49. The molecule has 6 nitrogen and oxygen atoms in total. The van der Waals surface area contributed by atoms with E-state index < -0.39 is 6.29 Å². The summed E-state index contributed by atoms with van der Waals surface area (Å²) in [5, 5.41) is 5.38. The molecule has 0 heterocycles. The second-order valence-electron chi connectivity index (χ2n) is 4.05. The Hall–Kier alpha value is -1.79. The predicted octanol–water partition coefficient (Wildman–Crippen LogP) is 1.37. The lowest BCUT2D eigenvalue weighted by atomic mass is 10.3. The summed E-state index contributed by atoms with van der Waals surface area (Å²) in [6.45, 7) is 1.41. The van der Waals surface area contributed by atoms with Crippen LogP contribution in [0, 0.1) is 0 Å². The molecule has 2 amide bonds. The van der Waals surface area contributed by atoms with Crippen molar-refractivity contribution in [2.75, 3.05) is 33.9 Å². The summed E-state index contributed by atoms with van der Waals surface area (Å²) in [5.41, 5.74) is 0. The lowest BCUT2D eigenvalue weighted by Gasteiger charge is -2.14. The maximum absolute atomic E-state index is 11.4. The van der Waals surface area contributed by atoms with Crippen LogP contribution in [0.1, 0.15) is 6.42 Å². The summed E-state index contributed by atoms with van der Waals surface area (Å²) in [6, 6.07) is 9.33. The van der Waals surface area contributed by atoms with Gasteiger partial charge in [0.25, 0.3) is 0 Å². The van der Waals surface area contributed by atoms with Crippen LogP contribution in [0.25, 0.3) is 0 Å². The van der Waals surface area contributed by atoms with E-state index >= 15 is 0 Å². The van der Waals surface area contributed by atoms with Gasteiger partial charge in [0.1, 0.15) is 5.75 Å². The van der Waals surface area contributed by atoms with Crippen molar-refractivity contribution in [2.24, 2.45) is 0 Å². The molecule has 0 aliphatic rings. The molecule has 0 aliphatic carbocycles. The standard InChI is InChI=1S/C14H22N2O4/c1-18-13(19-2)11-16-14(17)15-9-6-10-20-12-7-4-3-5-8-12/h3-5,7-8,13H,6,9-11H2,1-2H3,(H2,15,16,17). The smallest absolute Gasteiger partial charge is 0.314 e. The molecule has 0 saturated carbocycles. The highest BCUT2D eigenvalue weighted by Gasteiger charge is 2.06. The molecule has 20 heavy (non-hydrogen) atoms. The van der Waals surface area contributed by atoms with Gasteiger partial charge in [-0.05, 0) is 18.6 Å². The molecule has 0 radical (unpaired) electrons. The molecule has 6 heteroatoms. The minimum atomic E-state index is -0.429. The molecule has 1 aromatic carbocycles. The maximum Gasteiger partial charge on any atom is 0.314 e. The van der Waals surface area contributed by atoms with Gasteiger partial charge in [-0.3, -0.25) is 0 Å². The van der Waals surface area contributed by atoms with E-state index in [1.807, 2.05) is 30.3 Å². The maximum atomic E-state index is 11.4. The molecule has 0 atom stereocenters. The zero-order chi connectivity index (χ0) is 14.6. The van der Waals surface area contributed by atoms with E-state index in [0.29, 0.717) is 19.7 Å². The molecule has 1 aromatic rings. The fourth-order valence-electron chi connectivity index (χ4n) is 1.48. The average molecular weight is 282 g/mol.